The predicted molar refractivity (Wildman–Crippen MR) is 65.6 cm³/mol. The monoisotopic (exact) mass is 234 g/mol. The minimum Gasteiger partial charge on any atom is -0.404 e. The van der Waals surface area contributed by atoms with Crippen LogP contribution in [0, 0.1) is 5.82 Å². The van der Waals surface area contributed by atoms with Crippen LogP contribution in [0.1, 0.15) is 19.3 Å². The maximum Gasteiger partial charge on any atom is 0.123 e. The average Bonchev–Trinajstić information content (AvgIpc) is 2.32. The predicted octanol–water partition coefficient (Wildman–Crippen LogP) is 2.29. The van der Waals surface area contributed by atoms with Crippen LogP contribution in [0.25, 0.3) is 0 Å². The molecular formula is C13H15FN2O. The third-order valence-electron chi connectivity index (χ3n) is 2.85. The van der Waals surface area contributed by atoms with Crippen molar-refractivity contribution in [2.24, 2.45) is 10.7 Å². The van der Waals surface area contributed by atoms with Gasteiger partial charge in [-0.2, -0.15) is 0 Å². The molecule has 0 aromatic heterocycles. The van der Waals surface area contributed by atoms with E-state index in [1.54, 1.807) is 12.1 Å². The van der Waals surface area contributed by atoms with Gasteiger partial charge in [0, 0.05) is 17.5 Å². The van der Waals surface area contributed by atoms with Gasteiger partial charge in [-0.25, -0.2) is 4.39 Å². The number of halogens is 1. The number of nitrogens with two attached hydrogens (primary N) is 1. The van der Waals surface area contributed by atoms with E-state index in [-0.39, 0.29) is 5.82 Å². The van der Waals surface area contributed by atoms with Crippen molar-refractivity contribution in [2.45, 2.75) is 25.4 Å². The summed E-state index contributed by atoms with van der Waals surface area (Å²) < 4.78 is 12.8. The number of hydrogen-bond donors (Lipinski definition) is 2. The van der Waals surface area contributed by atoms with Crippen LogP contribution in [0.15, 0.2) is 41.0 Å². The summed E-state index contributed by atoms with van der Waals surface area (Å²) in [6, 6.07) is 5.95. The van der Waals surface area contributed by atoms with Gasteiger partial charge in [-0.3, -0.25) is 4.99 Å². The Morgan fingerprint density at radius 3 is 2.71 bits per heavy atom. The van der Waals surface area contributed by atoms with E-state index in [0.717, 1.165) is 18.6 Å². The summed E-state index contributed by atoms with van der Waals surface area (Å²) in [7, 11) is 0. The Morgan fingerprint density at radius 2 is 2.06 bits per heavy atom. The normalized spacial score (nSPS) is 25.4. The third-order valence-corrected chi connectivity index (χ3v) is 2.85. The van der Waals surface area contributed by atoms with Gasteiger partial charge in [0.15, 0.2) is 0 Å². The van der Waals surface area contributed by atoms with Crippen molar-refractivity contribution in [3.8, 4) is 0 Å². The van der Waals surface area contributed by atoms with Gasteiger partial charge in [-0.05, 0) is 43.5 Å². The van der Waals surface area contributed by atoms with E-state index < -0.39 is 6.10 Å². The summed E-state index contributed by atoms with van der Waals surface area (Å²) in [4.78, 5) is 4.40. The lowest BCUT2D eigenvalue weighted by Gasteiger charge is -2.22. The van der Waals surface area contributed by atoms with Crippen LogP contribution < -0.4 is 5.73 Å². The first kappa shape index (κ1) is 11.8. The van der Waals surface area contributed by atoms with Gasteiger partial charge in [-0.15, -0.1) is 0 Å². The minimum absolute atomic E-state index is 0.285. The van der Waals surface area contributed by atoms with Crippen molar-refractivity contribution in [1.82, 2.24) is 0 Å². The topological polar surface area (TPSA) is 58.6 Å². The number of benzene rings is 1. The van der Waals surface area contributed by atoms with Crippen LogP contribution in [0.3, 0.4) is 0 Å². The molecule has 1 fully saturated rings. The van der Waals surface area contributed by atoms with E-state index >= 15 is 0 Å². The number of aliphatic hydroxyl groups is 1. The molecule has 1 aromatic carbocycles. The molecule has 1 saturated carbocycles. The molecule has 0 radical (unpaired) electrons. The van der Waals surface area contributed by atoms with E-state index in [1.807, 2.05) is 0 Å². The highest BCUT2D eigenvalue weighted by atomic mass is 19.1. The molecule has 0 aliphatic heterocycles. The fourth-order valence-corrected chi connectivity index (χ4v) is 1.95. The Labute approximate surface area is 99.5 Å². The SMILES string of the molecule is NC=C1C(=Nc2ccc(F)cc2)CCCC1O. The highest BCUT2D eigenvalue weighted by molar-refractivity contribution is 6.03. The lowest BCUT2D eigenvalue weighted by molar-refractivity contribution is 0.198. The summed E-state index contributed by atoms with van der Waals surface area (Å²) in [5, 5.41) is 9.77. The van der Waals surface area contributed by atoms with Gasteiger partial charge < -0.3 is 10.8 Å². The molecule has 90 valence electrons. The quantitative estimate of drug-likeness (QED) is 0.783. The van der Waals surface area contributed by atoms with Crippen molar-refractivity contribution in [1.29, 1.82) is 0 Å². The molecule has 1 unspecified atom stereocenters. The highest BCUT2D eigenvalue weighted by Gasteiger charge is 2.21. The number of nitrogens with zero attached hydrogens (tertiary/aromatic N) is 1. The summed E-state index contributed by atoms with van der Waals surface area (Å²) in [6.45, 7) is 0. The van der Waals surface area contributed by atoms with Crippen LogP contribution in [-0.4, -0.2) is 16.9 Å². The zero-order valence-electron chi connectivity index (χ0n) is 9.44. The lowest BCUT2D eigenvalue weighted by atomic mass is 9.90. The molecule has 3 nitrogen and oxygen atoms in total. The molecule has 3 N–H and O–H groups in total. The smallest absolute Gasteiger partial charge is 0.123 e. The van der Waals surface area contributed by atoms with Crippen molar-refractivity contribution >= 4 is 11.4 Å². The molecule has 1 atom stereocenters. The van der Waals surface area contributed by atoms with E-state index in [1.165, 1.54) is 18.3 Å². The van der Waals surface area contributed by atoms with Crippen LogP contribution in [0.5, 0.6) is 0 Å². The third kappa shape index (κ3) is 2.71. The van der Waals surface area contributed by atoms with Gasteiger partial charge in [0.1, 0.15) is 5.82 Å². The number of rotatable bonds is 1. The van der Waals surface area contributed by atoms with Crippen LogP contribution >= 0.6 is 0 Å². The fourth-order valence-electron chi connectivity index (χ4n) is 1.95. The number of aliphatic hydroxyl groups excluding tert-OH is 1. The van der Waals surface area contributed by atoms with Crippen LogP contribution in [-0.2, 0) is 0 Å². The Kier molecular flexibility index (Phi) is 3.54. The lowest BCUT2D eigenvalue weighted by Crippen LogP contribution is -2.24. The molecule has 2 rings (SSSR count). The molecule has 0 amide bonds. The second-order valence-corrected chi connectivity index (χ2v) is 4.06. The van der Waals surface area contributed by atoms with Gasteiger partial charge in [-0.1, -0.05) is 0 Å². The van der Waals surface area contributed by atoms with Gasteiger partial charge >= 0.3 is 0 Å². The molecule has 0 heterocycles. The first-order chi connectivity index (χ1) is 8.20. The molecule has 0 bridgehead atoms. The van der Waals surface area contributed by atoms with Gasteiger partial charge in [0.2, 0.25) is 0 Å². The fraction of sp³-hybridized carbons (Fsp3) is 0.308. The van der Waals surface area contributed by atoms with E-state index in [2.05, 4.69) is 4.99 Å². The largest absolute Gasteiger partial charge is 0.404 e. The first-order valence-corrected chi connectivity index (χ1v) is 5.64. The van der Waals surface area contributed by atoms with E-state index in [0.29, 0.717) is 17.7 Å². The molecule has 1 aliphatic rings. The van der Waals surface area contributed by atoms with Crippen LogP contribution in [0.4, 0.5) is 10.1 Å². The summed E-state index contributed by atoms with van der Waals surface area (Å²) in [6.07, 6.45) is 3.26. The first-order valence-electron chi connectivity index (χ1n) is 5.64. The molecule has 0 saturated heterocycles. The molecule has 1 aliphatic carbocycles. The van der Waals surface area contributed by atoms with Crippen molar-refractivity contribution in [3.63, 3.8) is 0 Å². The standard InChI is InChI=1S/C13H15FN2O/c14-9-4-6-10(7-5-9)16-12-2-1-3-13(17)11(12)8-15/h4-8,13,17H,1-3,15H2. The molecular weight excluding hydrogens is 219 g/mol. The van der Waals surface area contributed by atoms with Crippen molar-refractivity contribution in [3.05, 3.63) is 41.9 Å². The maximum atomic E-state index is 12.8. The van der Waals surface area contributed by atoms with E-state index in [9.17, 15) is 9.50 Å². The zero-order chi connectivity index (χ0) is 12.3. The Morgan fingerprint density at radius 1 is 1.35 bits per heavy atom. The van der Waals surface area contributed by atoms with Crippen molar-refractivity contribution < 1.29 is 9.50 Å². The molecule has 1 aromatic rings. The summed E-state index contributed by atoms with van der Waals surface area (Å²) in [5.41, 5.74) is 7.65. The number of hydrogen-bond acceptors (Lipinski definition) is 3. The molecule has 17 heavy (non-hydrogen) atoms. The Hall–Kier alpha value is -1.68. The minimum atomic E-state index is -0.534. The van der Waals surface area contributed by atoms with Crippen molar-refractivity contribution in [2.75, 3.05) is 0 Å². The van der Waals surface area contributed by atoms with Gasteiger partial charge in [0.25, 0.3) is 0 Å². The van der Waals surface area contributed by atoms with Gasteiger partial charge in [0.05, 0.1) is 11.8 Å². The Balaban J connectivity index is 2.28. The second-order valence-electron chi connectivity index (χ2n) is 4.06. The average molecular weight is 234 g/mol. The molecule has 4 heteroatoms. The Bertz CT molecular complexity index is 451. The van der Waals surface area contributed by atoms with Crippen LogP contribution in [0.2, 0.25) is 0 Å². The number of aliphatic imine (C=N–C) groups is 1. The van der Waals surface area contributed by atoms with E-state index in [4.69, 9.17) is 5.73 Å². The summed E-state index contributed by atoms with van der Waals surface area (Å²) >= 11 is 0. The highest BCUT2D eigenvalue weighted by Crippen LogP contribution is 2.24. The zero-order valence-corrected chi connectivity index (χ0v) is 9.44. The molecule has 0 spiro atoms. The summed E-state index contributed by atoms with van der Waals surface area (Å²) in [5.74, 6) is -0.285. The maximum absolute atomic E-state index is 12.8. The second kappa shape index (κ2) is 5.10.